The van der Waals surface area contributed by atoms with Crippen molar-refractivity contribution in [3.63, 3.8) is 0 Å². The number of hydrogen-bond donors (Lipinski definition) is 13. The molecule has 0 bridgehead atoms. The van der Waals surface area contributed by atoms with Gasteiger partial charge in [0.15, 0.2) is 11.9 Å². The third-order valence-electron chi connectivity index (χ3n) is 11.2. The van der Waals surface area contributed by atoms with Crippen molar-refractivity contribution in [3.05, 3.63) is 71.9 Å². The molecule has 0 spiro atoms. The molecule has 7 atom stereocenters. The molecule has 1 aliphatic rings. The van der Waals surface area contributed by atoms with Crippen molar-refractivity contribution < 1.29 is 38.4 Å². The van der Waals surface area contributed by atoms with E-state index in [4.69, 9.17) is 28.7 Å². The Balaban J connectivity index is 1.76. The molecule has 1 aromatic heterocycles. The van der Waals surface area contributed by atoms with Gasteiger partial charge >= 0.3 is 0 Å². The number of nitrogens with one attached hydrogen (secondary N) is 8. The highest BCUT2D eigenvalue weighted by atomic mass is 33.1. The number of primary amides is 1. The van der Waals surface area contributed by atoms with Crippen LogP contribution in [0.25, 0.3) is 10.9 Å². The number of nitrogens with zero attached hydrogens (tertiary/aromatic N) is 2. The minimum atomic E-state index is -1.31. The monoisotopic (exact) mass is 1020 g/mol. The highest BCUT2D eigenvalue weighted by molar-refractivity contribution is 8.76. The Morgan fingerprint density at radius 1 is 0.718 bits per heavy atom. The summed E-state index contributed by atoms with van der Waals surface area (Å²) in [6, 6.07) is 7.44. The summed E-state index contributed by atoms with van der Waals surface area (Å²) in [5, 5.41) is 19.9. The summed E-state index contributed by atoms with van der Waals surface area (Å²) in [5.74, 6) is -6.50. The van der Waals surface area contributed by atoms with E-state index < -0.39 is 95.5 Å². The molecule has 71 heavy (non-hydrogen) atoms. The van der Waals surface area contributed by atoms with Crippen LogP contribution in [0.5, 0.6) is 0 Å². The first kappa shape index (κ1) is 56.6. The first-order chi connectivity index (χ1) is 33.8. The number of benzene rings is 2. The van der Waals surface area contributed by atoms with Gasteiger partial charge in [-0.15, -0.1) is 0 Å². The van der Waals surface area contributed by atoms with Crippen LogP contribution in [0.4, 0.5) is 0 Å². The third kappa shape index (κ3) is 19.0. The number of aliphatic imine (C=N–C) groups is 2. The van der Waals surface area contributed by atoms with Crippen LogP contribution in [-0.2, 0) is 51.2 Å². The Hall–Kier alpha value is -7.02. The third-order valence-corrected chi connectivity index (χ3v) is 13.7. The van der Waals surface area contributed by atoms with Gasteiger partial charge in [0.05, 0.1) is 0 Å². The smallest absolute Gasteiger partial charge is 0.243 e. The van der Waals surface area contributed by atoms with Gasteiger partial charge in [0.2, 0.25) is 47.3 Å². The number of fused-ring (bicyclic) bond motifs is 1. The molecule has 386 valence electrons. The average Bonchev–Trinajstić information content (AvgIpc) is 3.72. The molecule has 0 saturated carbocycles. The quantitative estimate of drug-likeness (QED) is 0.0314. The standard InChI is InChI=1S/C46H67N15O8S2/c1-25(2)37-44(69)59-34(21-27-11-5-4-6-12-27)42(67)56-32(16-10-19-53-46(50)51)40(65)58-35(22-28-23-54-30-14-8-7-13-29(28)30)43(68)60-36(38(47)63)24-71-70-20-17-33(41(66)61-37)57-39(64)31(55-26(3)62)15-9-18-52-45(48)49/h4-8,11-14,23,25,31-37,54H,9-10,15-22,24H2,1-3H3,(H2,47,63)(H,55,62)(H,56,67)(H,57,64)(H,58,65)(H,59,69)(H,60,68)(H,61,66)(H4,48,49,52)(H4,50,51,53)/t31-,32-,33?,34+,35-,36-,37+/m0/s1. The lowest BCUT2D eigenvalue weighted by atomic mass is 9.99. The largest absolute Gasteiger partial charge is 0.370 e. The lowest BCUT2D eigenvalue weighted by Gasteiger charge is -2.29. The summed E-state index contributed by atoms with van der Waals surface area (Å²) < 4.78 is 0. The first-order valence-corrected chi connectivity index (χ1v) is 25.6. The second-order valence-corrected chi connectivity index (χ2v) is 19.9. The van der Waals surface area contributed by atoms with E-state index in [1.54, 1.807) is 50.4 Å². The second-order valence-electron chi connectivity index (χ2n) is 17.2. The van der Waals surface area contributed by atoms with Crippen molar-refractivity contribution in [2.45, 2.75) is 108 Å². The number of aromatic nitrogens is 1. The summed E-state index contributed by atoms with van der Waals surface area (Å²) in [5.41, 5.74) is 29.9. The van der Waals surface area contributed by atoms with Gasteiger partial charge < -0.3 is 70.9 Å². The zero-order valence-electron chi connectivity index (χ0n) is 40.0. The van der Waals surface area contributed by atoms with Crippen LogP contribution in [0, 0.1) is 5.92 Å². The molecule has 2 aromatic carbocycles. The van der Waals surface area contributed by atoms with Crippen LogP contribution in [0.15, 0.2) is 70.8 Å². The summed E-state index contributed by atoms with van der Waals surface area (Å²) in [6.45, 7) is 4.88. The number of hydrogen-bond acceptors (Lipinski definition) is 12. The van der Waals surface area contributed by atoms with E-state index in [0.29, 0.717) is 17.5 Å². The molecular formula is C46H67N15O8S2. The Labute approximate surface area is 419 Å². The topological polar surface area (TPSA) is 391 Å². The molecule has 2 heterocycles. The molecular weight excluding hydrogens is 955 g/mol. The number of aromatic amines is 1. The number of carbonyl (C=O) groups is 8. The fraction of sp³-hybridized carbons (Fsp3) is 0.478. The Bertz CT molecular complexity index is 2380. The number of guanidine groups is 2. The molecule has 0 radical (unpaired) electrons. The average molecular weight is 1020 g/mol. The van der Waals surface area contributed by atoms with Gasteiger partial charge in [0, 0.05) is 61.5 Å². The van der Waals surface area contributed by atoms with Crippen molar-refractivity contribution >= 4 is 91.7 Å². The predicted octanol–water partition coefficient (Wildman–Crippen LogP) is -1.60. The van der Waals surface area contributed by atoms with Crippen LogP contribution in [-0.4, -0.2) is 131 Å². The normalized spacial score (nSPS) is 21.4. The number of nitrogens with two attached hydrogens (primary N) is 5. The Kier molecular flexibility index (Phi) is 22.8. The van der Waals surface area contributed by atoms with E-state index in [9.17, 15) is 38.4 Å². The molecule has 18 N–H and O–H groups in total. The van der Waals surface area contributed by atoms with Crippen molar-refractivity contribution in [2.75, 3.05) is 24.6 Å². The van der Waals surface area contributed by atoms with Gasteiger partial charge in [-0.2, -0.15) is 0 Å². The van der Waals surface area contributed by atoms with Crippen LogP contribution in [0.2, 0.25) is 0 Å². The van der Waals surface area contributed by atoms with Crippen LogP contribution in [0.1, 0.15) is 64.0 Å². The summed E-state index contributed by atoms with van der Waals surface area (Å²) >= 11 is 0. The second kappa shape index (κ2) is 28.6. The molecule has 0 aliphatic carbocycles. The van der Waals surface area contributed by atoms with E-state index in [1.807, 2.05) is 24.3 Å². The number of amides is 8. The zero-order valence-corrected chi connectivity index (χ0v) is 41.7. The highest BCUT2D eigenvalue weighted by Gasteiger charge is 2.35. The molecule has 1 fully saturated rings. The van der Waals surface area contributed by atoms with Crippen LogP contribution in [0.3, 0.4) is 0 Å². The molecule has 4 rings (SSSR count). The van der Waals surface area contributed by atoms with Gasteiger partial charge in [-0.05, 0) is 55.2 Å². The van der Waals surface area contributed by atoms with E-state index in [0.717, 1.165) is 21.7 Å². The lowest BCUT2D eigenvalue weighted by Crippen LogP contribution is -2.61. The minimum Gasteiger partial charge on any atom is -0.370 e. The van der Waals surface area contributed by atoms with Crippen LogP contribution < -0.4 is 65.9 Å². The molecule has 25 heteroatoms. The highest BCUT2D eigenvalue weighted by Crippen LogP contribution is 2.24. The number of rotatable bonds is 17. The SMILES string of the molecule is CC(=O)N[C@@H](CCCN=C(N)N)C(=O)NC1CCSSC[C@@H](C(N)=O)NC(=O)[C@H](Cc2c[nH]c3ccccc23)NC(=O)[C@H](CCCN=C(N)N)NC(=O)[C@@H](Cc2ccccc2)NC(=O)[C@@H](C(C)C)NC1=O. The summed E-state index contributed by atoms with van der Waals surface area (Å²) in [6.07, 6.45) is 2.23. The van der Waals surface area contributed by atoms with E-state index >= 15 is 0 Å². The maximum Gasteiger partial charge on any atom is 0.243 e. The molecule has 1 saturated heterocycles. The lowest BCUT2D eigenvalue weighted by molar-refractivity contribution is -0.136. The summed E-state index contributed by atoms with van der Waals surface area (Å²) in [4.78, 5) is 122. The Morgan fingerprint density at radius 2 is 1.32 bits per heavy atom. The number of carbonyl (C=O) groups excluding carboxylic acids is 8. The zero-order chi connectivity index (χ0) is 52.0. The van der Waals surface area contributed by atoms with Crippen molar-refractivity contribution in [2.24, 2.45) is 44.6 Å². The van der Waals surface area contributed by atoms with Crippen molar-refractivity contribution in [1.82, 2.24) is 42.2 Å². The molecule has 8 amide bonds. The van der Waals surface area contributed by atoms with Gasteiger partial charge in [0.25, 0.3) is 0 Å². The van der Waals surface area contributed by atoms with E-state index in [1.165, 1.54) is 17.7 Å². The Morgan fingerprint density at radius 3 is 1.99 bits per heavy atom. The fourth-order valence-electron chi connectivity index (χ4n) is 7.52. The number of H-pyrrole nitrogens is 1. The maximum atomic E-state index is 14.5. The minimum absolute atomic E-state index is 0.00159. The first-order valence-electron chi connectivity index (χ1n) is 23.2. The van der Waals surface area contributed by atoms with Gasteiger partial charge in [-0.1, -0.05) is 84.0 Å². The van der Waals surface area contributed by atoms with Gasteiger partial charge in [0.1, 0.15) is 42.3 Å². The van der Waals surface area contributed by atoms with Gasteiger partial charge in [-0.25, -0.2) is 0 Å². The van der Waals surface area contributed by atoms with E-state index in [-0.39, 0.29) is 75.0 Å². The fourth-order valence-corrected chi connectivity index (χ4v) is 9.79. The molecule has 1 unspecified atom stereocenters. The van der Waals surface area contributed by atoms with E-state index in [2.05, 4.69) is 52.2 Å². The predicted molar refractivity (Wildman–Crippen MR) is 275 cm³/mol. The molecule has 23 nitrogen and oxygen atoms in total. The molecule has 3 aromatic rings. The van der Waals surface area contributed by atoms with Crippen LogP contribution >= 0.6 is 21.6 Å². The summed E-state index contributed by atoms with van der Waals surface area (Å²) in [7, 11) is 2.38. The van der Waals surface area contributed by atoms with Gasteiger partial charge in [-0.3, -0.25) is 48.3 Å². The molecule has 1 aliphatic heterocycles. The number of para-hydroxylation sites is 1. The van der Waals surface area contributed by atoms with Crippen molar-refractivity contribution in [1.29, 1.82) is 0 Å². The maximum absolute atomic E-state index is 14.5. The van der Waals surface area contributed by atoms with Crippen molar-refractivity contribution in [3.8, 4) is 0 Å².